The molecule has 0 amide bonds. The Kier molecular flexibility index (Phi) is 5.87. The van der Waals surface area contributed by atoms with Gasteiger partial charge in [-0.25, -0.2) is 4.98 Å². The third-order valence-electron chi connectivity index (χ3n) is 4.98. The minimum atomic E-state index is -0.00890. The van der Waals surface area contributed by atoms with Gasteiger partial charge in [0.15, 0.2) is 5.82 Å². The second-order valence-corrected chi connectivity index (χ2v) is 7.13. The van der Waals surface area contributed by atoms with Gasteiger partial charge in [-0.2, -0.15) is 0 Å². The van der Waals surface area contributed by atoms with Crippen LogP contribution in [0.1, 0.15) is 25.3 Å². The van der Waals surface area contributed by atoms with E-state index in [1.165, 1.54) is 5.56 Å². The number of hydrogen-bond acceptors (Lipinski definition) is 4. The predicted molar refractivity (Wildman–Crippen MR) is 102 cm³/mol. The highest BCUT2D eigenvalue weighted by Crippen LogP contribution is 2.15. The maximum absolute atomic E-state index is 12.2. The molecule has 3 rings (SSSR count). The average molecular weight is 340 g/mol. The van der Waals surface area contributed by atoms with Crippen molar-refractivity contribution in [3.8, 4) is 0 Å². The van der Waals surface area contributed by atoms with E-state index in [0.29, 0.717) is 17.8 Å². The second kappa shape index (κ2) is 8.30. The summed E-state index contributed by atoms with van der Waals surface area (Å²) in [6.45, 7) is 5.10. The highest BCUT2D eigenvalue weighted by atomic mass is 16.1. The number of aryl methyl sites for hydroxylation is 1. The van der Waals surface area contributed by atoms with Crippen LogP contribution >= 0.6 is 0 Å². The van der Waals surface area contributed by atoms with E-state index >= 15 is 0 Å². The Morgan fingerprint density at radius 3 is 2.68 bits per heavy atom. The van der Waals surface area contributed by atoms with Gasteiger partial charge in [-0.3, -0.25) is 4.79 Å². The first-order valence-corrected chi connectivity index (χ1v) is 9.17. The van der Waals surface area contributed by atoms with Gasteiger partial charge >= 0.3 is 0 Å². The van der Waals surface area contributed by atoms with Gasteiger partial charge in [0.2, 0.25) is 0 Å². The van der Waals surface area contributed by atoms with E-state index in [2.05, 4.69) is 52.5 Å². The van der Waals surface area contributed by atoms with Crippen LogP contribution in [0.15, 0.2) is 47.5 Å². The summed E-state index contributed by atoms with van der Waals surface area (Å²) in [4.78, 5) is 18.6. The molecule has 0 unspecified atom stereocenters. The lowest BCUT2D eigenvalue weighted by atomic mass is 9.99. The van der Waals surface area contributed by atoms with Gasteiger partial charge in [0.1, 0.15) is 0 Å². The number of piperidine rings is 1. The highest BCUT2D eigenvalue weighted by Gasteiger charge is 2.22. The van der Waals surface area contributed by atoms with Gasteiger partial charge in [0, 0.05) is 38.6 Å². The molecule has 0 saturated carbocycles. The molecule has 1 aliphatic heterocycles. The van der Waals surface area contributed by atoms with Crippen LogP contribution in [0.3, 0.4) is 0 Å². The van der Waals surface area contributed by atoms with Gasteiger partial charge in [0.05, 0.1) is 0 Å². The smallest absolute Gasteiger partial charge is 0.293 e. The molecule has 1 atom stereocenters. The summed E-state index contributed by atoms with van der Waals surface area (Å²) in [6.07, 6.45) is 6.62. The molecule has 5 heteroatoms. The number of benzene rings is 1. The average Bonchev–Trinajstić information content (AvgIpc) is 2.64. The van der Waals surface area contributed by atoms with E-state index in [1.807, 2.05) is 0 Å². The Hall–Kier alpha value is -2.14. The maximum atomic E-state index is 12.2. The minimum absolute atomic E-state index is 0.00890. The summed E-state index contributed by atoms with van der Waals surface area (Å²) in [5.74, 6) is 1.20. The number of anilines is 1. The Morgan fingerprint density at radius 2 is 1.96 bits per heavy atom. The number of nitrogens with zero attached hydrogens (tertiary/aromatic N) is 3. The van der Waals surface area contributed by atoms with Crippen LogP contribution in [0.4, 0.5) is 5.82 Å². The topological polar surface area (TPSA) is 50.2 Å². The highest BCUT2D eigenvalue weighted by molar-refractivity contribution is 5.36. The molecule has 1 aliphatic rings. The van der Waals surface area contributed by atoms with E-state index < -0.39 is 0 Å². The zero-order valence-electron chi connectivity index (χ0n) is 15.2. The summed E-state index contributed by atoms with van der Waals surface area (Å²) >= 11 is 0. The van der Waals surface area contributed by atoms with Crippen molar-refractivity contribution < 1.29 is 0 Å². The zero-order valence-corrected chi connectivity index (χ0v) is 15.2. The van der Waals surface area contributed by atoms with Crippen LogP contribution in [-0.2, 0) is 13.5 Å². The van der Waals surface area contributed by atoms with E-state index in [-0.39, 0.29) is 5.56 Å². The largest absolute Gasteiger partial charge is 0.352 e. The molecule has 0 aliphatic carbocycles. The summed E-state index contributed by atoms with van der Waals surface area (Å²) in [6, 6.07) is 11.2. The first kappa shape index (κ1) is 17.7. The van der Waals surface area contributed by atoms with E-state index in [4.69, 9.17) is 0 Å². The van der Waals surface area contributed by atoms with Crippen molar-refractivity contribution in [2.75, 3.05) is 24.5 Å². The molecule has 1 aromatic heterocycles. The lowest BCUT2D eigenvalue weighted by Crippen LogP contribution is -2.45. The van der Waals surface area contributed by atoms with Crippen LogP contribution in [0.25, 0.3) is 0 Å². The molecule has 0 radical (unpaired) electrons. The fourth-order valence-electron chi connectivity index (χ4n) is 3.45. The van der Waals surface area contributed by atoms with Gasteiger partial charge in [-0.15, -0.1) is 0 Å². The van der Waals surface area contributed by atoms with Crippen molar-refractivity contribution in [1.82, 2.24) is 14.9 Å². The number of nitrogens with one attached hydrogen (secondary N) is 1. The molecule has 1 N–H and O–H groups in total. The summed E-state index contributed by atoms with van der Waals surface area (Å²) < 4.78 is 1.60. The van der Waals surface area contributed by atoms with Crippen molar-refractivity contribution >= 4 is 5.82 Å². The quantitative estimate of drug-likeness (QED) is 0.876. The lowest BCUT2D eigenvalue weighted by molar-refractivity contribution is 0.382. The van der Waals surface area contributed by atoms with Crippen LogP contribution < -0.4 is 15.8 Å². The standard InChI is InChI=1S/C20H28N4O/c1-16(14-17-6-4-3-5-7-17)15-22-18-8-11-24(12-9-18)19-20(25)23(2)13-10-21-19/h3-7,10,13,16,18,22H,8-9,11-12,14-15H2,1-2H3/t16-/m0/s1. The molecule has 5 nitrogen and oxygen atoms in total. The normalized spacial score (nSPS) is 16.8. The maximum Gasteiger partial charge on any atom is 0.293 e. The van der Waals surface area contributed by atoms with Gasteiger partial charge in [0.25, 0.3) is 5.56 Å². The van der Waals surface area contributed by atoms with Crippen molar-refractivity contribution in [3.05, 3.63) is 58.6 Å². The third-order valence-corrected chi connectivity index (χ3v) is 4.98. The third kappa shape index (κ3) is 4.69. The Labute approximate surface area is 149 Å². The van der Waals surface area contributed by atoms with Crippen molar-refractivity contribution in [3.63, 3.8) is 0 Å². The number of rotatable bonds is 6. The monoisotopic (exact) mass is 340 g/mol. The SMILES string of the molecule is C[C@H](CNC1CCN(c2nccn(C)c2=O)CC1)Cc1ccccc1. The molecule has 1 fully saturated rings. The van der Waals surface area contributed by atoms with Crippen LogP contribution in [0.5, 0.6) is 0 Å². The molecule has 134 valence electrons. The molecule has 2 aromatic rings. The van der Waals surface area contributed by atoms with Crippen LogP contribution in [-0.4, -0.2) is 35.2 Å². The fourth-order valence-corrected chi connectivity index (χ4v) is 3.45. The fraction of sp³-hybridized carbons (Fsp3) is 0.500. The zero-order chi connectivity index (χ0) is 17.6. The van der Waals surface area contributed by atoms with Crippen LogP contribution in [0.2, 0.25) is 0 Å². The van der Waals surface area contributed by atoms with Crippen molar-refractivity contribution in [1.29, 1.82) is 0 Å². The number of hydrogen-bond donors (Lipinski definition) is 1. The Bertz CT molecular complexity index is 720. The van der Waals surface area contributed by atoms with Gasteiger partial charge in [-0.05, 0) is 37.3 Å². The molecule has 0 spiro atoms. The Balaban J connectivity index is 1.45. The van der Waals surface area contributed by atoms with Gasteiger partial charge < -0.3 is 14.8 Å². The van der Waals surface area contributed by atoms with Gasteiger partial charge in [-0.1, -0.05) is 37.3 Å². The lowest BCUT2D eigenvalue weighted by Gasteiger charge is -2.33. The molecule has 1 aromatic carbocycles. The minimum Gasteiger partial charge on any atom is -0.352 e. The molecular weight excluding hydrogens is 312 g/mol. The van der Waals surface area contributed by atoms with E-state index in [9.17, 15) is 4.79 Å². The predicted octanol–water partition coefficient (Wildman–Crippen LogP) is 2.22. The molecule has 0 bridgehead atoms. The second-order valence-electron chi connectivity index (χ2n) is 7.13. The Morgan fingerprint density at radius 1 is 1.24 bits per heavy atom. The van der Waals surface area contributed by atoms with Crippen molar-refractivity contribution in [2.24, 2.45) is 13.0 Å². The van der Waals surface area contributed by atoms with E-state index in [0.717, 1.165) is 38.9 Å². The number of aromatic nitrogens is 2. The molecular formula is C20H28N4O. The summed E-state index contributed by atoms with van der Waals surface area (Å²) in [5, 5.41) is 3.71. The van der Waals surface area contributed by atoms with Crippen molar-refractivity contribution in [2.45, 2.75) is 32.2 Å². The summed E-state index contributed by atoms with van der Waals surface area (Å²) in [7, 11) is 1.77. The summed E-state index contributed by atoms with van der Waals surface area (Å²) in [5.41, 5.74) is 1.39. The van der Waals surface area contributed by atoms with Crippen LogP contribution in [0, 0.1) is 5.92 Å². The van der Waals surface area contributed by atoms with E-state index in [1.54, 1.807) is 24.0 Å². The molecule has 1 saturated heterocycles. The first-order chi connectivity index (χ1) is 12.1. The molecule has 25 heavy (non-hydrogen) atoms. The molecule has 2 heterocycles. The first-order valence-electron chi connectivity index (χ1n) is 9.17.